The number of amides is 2. The van der Waals surface area contributed by atoms with Crippen molar-refractivity contribution in [2.24, 2.45) is 0 Å². The summed E-state index contributed by atoms with van der Waals surface area (Å²) in [6.07, 6.45) is 0.889. The Morgan fingerprint density at radius 1 is 1.16 bits per heavy atom. The lowest BCUT2D eigenvalue weighted by molar-refractivity contribution is -0.121. The van der Waals surface area contributed by atoms with Gasteiger partial charge >= 0.3 is 0 Å². The van der Waals surface area contributed by atoms with Gasteiger partial charge in [0.2, 0.25) is 5.91 Å². The first-order chi connectivity index (χ1) is 8.93. The Kier molecular flexibility index (Phi) is 5.55. The number of carbonyl (C=O) groups is 2. The van der Waals surface area contributed by atoms with E-state index in [2.05, 4.69) is 5.32 Å². The van der Waals surface area contributed by atoms with Gasteiger partial charge in [0.15, 0.2) is 0 Å². The predicted octanol–water partition coefficient (Wildman–Crippen LogP) is 1.90. The normalized spacial score (nSPS) is 10.1. The number of carbonyl (C=O) groups excluding carboxylic acids is 2. The second-order valence-electron chi connectivity index (χ2n) is 4.89. The highest BCUT2D eigenvalue weighted by Gasteiger charge is 2.15. The molecule has 0 saturated heterocycles. The topological polar surface area (TPSA) is 49.4 Å². The highest BCUT2D eigenvalue weighted by atomic mass is 16.2. The summed E-state index contributed by atoms with van der Waals surface area (Å²) < 4.78 is 0. The average Bonchev–Trinajstić information content (AvgIpc) is 2.34. The Labute approximate surface area is 114 Å². The van der Waals surface area contributed by atoms with E-state index in [9.17, 15) is 9.59 Å². The van der Waals surface area contributed by atoms with E-state index in [0.717, 1.165) is 17.5 Å². The van der Waals surface area contributed by atoms with Gasteiger partial charge in [0.05, 0.1) is 6.54 Å². The van der Waals surface area contributed by atoms with Crippen LogP contribution in [-0.4, -0.2) is 36.9 Å². The molecule has 0 spiro atoms. The van der Waals surface area contributed by atoms with Gasteiger partial charge in [-0.05, 0) is 32.4 Å². The van der Waals surface area contributed by atoms with Gasteiger partial charge in [-0.3, -0.25) is 9.59 Å². The molecule has 0 aliphatic carbocycles. The third-order valence-corrected chi connectivity index (χ3v) is 2.77. The molecule has 0 unspecified atom stereocenters. The van der Waals surface area contributed by atoms with Crippen LogP contribution in [0.1, 0.15) is 34.8 Å². The Morgan fingerprint density at radius 2 is 1.74 bits per heavy atom. The van der Waals surface area contributed by atoms with Crippen molar-refractivity contribution in [1.29, 1.82) is 0 Å². The minimum absolute atomic E-state index is 0.0891. The number of benzene rings is 1. The van der Waals surface area contributed by atoms with Crippen molar-refractivity contribution in [3.05, 3.63) is 34.9 Å². The molecule has 1 aromatic rings. The average molecular weight is 262 g/mol. The second kappa shape index (κ2) is 6.92. The molecular formula is C15H22N2O2. The summed E-state index contributed by atoms with van der Waals surface area (Å²) in [5, 5.41) is 2.76. The Balaban J connectivity index is 2.68. The summed E-state index contributed by atoms with van der Waals surface area (Å²) >= 11 is 0. The molecule has 0 aliphatic rings. The molecule has 0 heterocycles. The standard InChI is InChI=1S/C15H22N2O2/c1-5-6-16-14(18)10-17(4)15(19)13-8-11(2)7-12(3)9-13/h7-9H,5-6,10H2,1-4H3,(H,16,18). The van der Waals surface area contributed by atoms with Gasteiger partial charge in [0.25, 0.3) is 5.91 Å². The van der Waals surface area contributed by atoms with Crippen molar-refractivity contribution in [2.75, 3.05) is 20.1 Å². The van der Waals surface area contributed by atoms with Crippen molar-refractivity contribution in [1.82, 2.24) is 10.2 Å². The summed E-state index contributed by atoms with van der Waals surface area (Å²) in [5.74, 6) is -0.250. The van der Waals surface area contributed by atoms with Gasteiger partial charge in [-0.15, -0.1) is 0 Å². The molecule has 104 valence electrons. The SMILES string of the molecule is CCCNC(=O)CN(C)C(=O)c1cc(C)cc(C)c1. The van der Waals surface area contributed by atoms with E-state index in [1.165, 1.54) is 4.90 Å². The lowest BCUT2D eigenvalue weighted by Crippen LogP contribution is -2.38. The maximum absolute atomic E-state index is 12.2. The first-order valence-electron chi connectivity index (χ1n) is 6.54. The number of aryl methyl sites for hydroxylation is 2. The van der Waals surface area contributed by atoms with Gasteiger partial charge in [-0.2, -0.15) is 0 Å². The van der Waals surface area contributed by atoms with Crippen LogP contribution in [0.3, 0.4) is 0 Å². The van der Waals surface area contributed by atoms with Crippen LogP contribution in [0.25, 0.3) is 0 Å². The highest BCUT2D eigenvalue weighted by molar-refractivity contribution is 5.96. The molecule has 1 rings (SSSR count). The van der Waals surface area contributed by atoms with Gasteiger partial charge in [0, 0.05) is 19.2 Å². The maximum Gasteiger partial charge on any atom is 0.254 e. The summed E-state index contributed by atoms with van der Waals surface area (Å²) in [5.41, 5.74) is 2.72. The fourth-order valence-corrected chi connectivity index (χ4v) is 1.93. The lowest BCUT2D eigenvalue weighted by Gasteiger charge is -2.17. The molecule has 0 bridgehead atoms. The summed E-state index contributed by atoms with van der Waals surface area (Å²) in [6.45, 7) is 6.64. The van der Waals surface area contributed by atoms with E-state index >= 15 is 0 Å². The van der Waals surface area contributed by atoms with Crippen molar-refractivity contribution >= 4 is 11.8 Å². The van der Waals surface area contributed by atoms with Crippen LogP contribution in [0.5, 0.6) is 0 Å². The van der Waals surface area contributed by atoms with E-state index < -0.39 is 0 Å². The third-order valence-electron chi connectivity index (χ3n) is 2.77. The number of rotatable bonds is 5. The molecule has 0 atom stereocenters. The van der Waals surface area contributed by atoms with E-state index in [0.29, 0.717) is 12.1 Å². The molecule has 0 fully saturated rings. The van der Waals surface area contributed by atoms with Crippen molar-refractivity contribution in [3.63, 3.8) is 0 Å². The number of nitrogens with one attached hydrogen (secondary N) is 1. The molecule has 0 aromatic heterocycles. The van der Waals surface area contributed by atoms with Gasteiger partial charge < -0.3 is 10.2 Å². The van der Waals surface area contributed by atoms with Crippen LogP contribution in [0.15, 0.2) is 18.2 Å². The van der Waals surface area contributed by atoms with Crippen LogP contribution < -0.4 is 5.32 Å². The number of hydrogen-bond donors (Lipinski definition) is 1. The van der Waals surface area contributed by atoms with E-state index in [4.69, 9.17) is 0 Å². The molecular weight excluding hydrogens is 240 g/mol. The van der Waals surface area contributed by atoms with E-state index in [1.54, 1.807) is 7.05 Å². The summed E-state index contributed by atoms with van der Waals surface area (Å²) in [7, 11) is 1.64. The van der Waals surface area contributed by atoms with Crippen LogP contribution in [0.4, 0.5) is 0 Å². The Bertz CT molecular complexity index is 449. The monoisotopic (exact) mass is 262 g/mol. The maximum atomic E-state index is 12.2. The summed E-state index contributed by atoms with van der Waals surface area (Å²) in [6, 6.07) is 5.70. The fraction of sp³-hybridized carbons (Fsp3) is 0.467. The van der Waals surface area contributed by atoms with E-state index in [1.807, 2.05) is 39.0 Å². The van der Waals surface area contributed by atoms with Crippen molar-refractivity contribution in [3.8, 4) is 0 Å². The Morgan fingerprint density at radius 3 is 2.26 bits per heavy atom. The first-order valence-corrected chi connectivity index (χ1v) is 6.54. The molecule has 4 heteroatoms. The first kappa shape index (κ1) is 15.2. The van der Waals surface area contributed by atoms with Gasteiger partial charge in [0.1, 0.15) is 0 Å². The predicted molar refractivity (Wildman–Crippen MR) is 76.2 cm³/mol. The smallest absolute Gasteiger partial charge is 0.254 e. The van der Waals surface area contributed by atoms with Crippen LogP contribution in [-0.2, 0) is 4.79 Å². The molecule has 0 radical (unpaired) electrons. The largest absolute Gasteiger partial charge is 0.355 e. The Hall–Kier alpha value is -1.84. The number of likely N-dealkylation sites (N-methyl/N-ethyl adjacent to an activating group) is 1. The zero-order chi connectivity index (χ0) is 14.4. The summed E-state index contributed by atoms with van der Waals surface area (Å²) in [4.78, 5) is 25.2. The second-order valence-corrected chi connectivity index (χ2v) is 4.89. The zero-order valence-electron chi connectivity index (χ0n) is 12.1. The molecule has 0 aliphatic heterocycles. The highest BCUT2D eigenvalue weighted by Crippen LogP contribution is 2.10. The molecule has 1 N–H and O–H groups in total. The number of nitrogens with zero attached hydrogens (tertiary/aromatic N) is 1. The number of hydrogen-bond acceptors (Lipinski definition) is 2. The van der Waals surface area contributed by atoms with Crippen LogP contribution >= 0.6 is 0 Å². The molecule has 4 nitrogen and oxygen atoms in total. The van der Waals surface area contributed by atoms with Crippen LogP contribution in [0.2, 0.25) is 0 Å². The molecule has 0 saturated carbocycles. The molecule has 19 heavy (non-hydrogen) atoms. The van der Waals surface area contributed by atoms with Crippen molar-refractivity contribution < 1.29 is 9.59 Å². The third kappa shape index (κ3) is 4.73. The lowest BCUT2D eigenvalue weighted by atomic mass is 10.1. The molecule has 2 amide bonds. The minimum atomic E-state index is -0.126. The minimum Gasteiger partial charge on any atom is -0.355 e. The van der Waals surface area contributed by atoms with Crippen molar-refractivity contribution in [2.45, 2.75) is 27.2 Å². The molecule has 1 aromatic carbocycles. The fourth-order valence-electron chi connectivity index (χ4n) is 1.93. The zero-order valence-corrected chi connectivity index (χ0v) is 12.1. The van der Waals surface area contributed by atoms with Gasteiger partial charge in [-0.1, -0.05) is 24.1 Å². The quantitative estimate of drug-likeness (QED) is 0.881. The van der Waals surface area contributed by atoms with Crippen LogP contribution in [0, 0.1) is 13.8 Å². The van der Waals surface area contributed by atoms with Gasteiger partial charge in [-0.25, -0.2) is 0 Å². The van der Waals surface area contributed by atoms with E-state index in [-0.39, 0.29) is 18.4 Å².